The molecule has 7 nitrogen and oxygen atoms in total. The average Bonchev–Trinajstić information content (AvgIpc) is 3.23. The van der Waals surface area contributed by atoms with E-state index in [0.29, 0.717) is 17.5 Å². The molecule has 5 aromatic carbocycles. The van der Waals surface area contributed by atoms with Crippen LogP contribution >= 0.6 is 0 Å². The highest BCUT2D eigenvalue weighted by Crippen LogP contribution is 2.31. The molecule has 0 amide bonds. The van der Waals surface area contributed by atoms with Gasteiger partial charge in [-0.1, -0.05) is 127 Å². The van der Waals surface area contributed by atoms with Gasteiger partial charge in [0.05, 0.1) is 33.5 Å². The summed E-state index contributed by atoms with van der Waals surface area (Å²) in [6, 6.07) is 51.1. The van der Waals surface area contributed by atoms with E-state index in [1.165, 1.54) is 0 Å². The molecule has 0 atom stereocenters. The maximum atomic E-state index is 5.03. The molecule has 10 rings (SSSR count). The maximum absolute atomic E-state index is 5.03. The molecule has 0 unspecified atom stereocenters. The van der Waals surface area contributed by atoms with E-state index in [1.54, 1.807) is 0 Å². The van der Waals surface area contributed by atoms with Crippen LogP contribution < -0.4 is 0 Å². The smallest absolute Gasteiger partial charge is 0.164 e. The first kappa shape index (κ1) is 29.6. The van der Waals surface area contributed by atoms with Crippen LogP contribution in [0.25, 0.3) is 100 Å². The van der Waals surface area contributed by atoms with Gasteiger partial charge < -0.3 is 0 Å². The minimum atomic E-state index is 0.594. The minimum Gasteiger partial charge on any atom is -0.254 e. The number of aromatic nitrogens is 7. The third kappa shape index (κ3) is 5.28. The molecule has 0 saturated heterocycles. The summed E-state index contributed by atoms with van der Waals surface area (Å²) in [7, 11) is 0. The fourth-order valence-electron chi connectivity index (χ4n) is 6.70. The number of fused-ring (bicyclic) bond motifs is 6. The average molecular weight is 666 g/mol. The van der Waals surface area contributed by atoms with E-state index in [2.05, 4.69) is 94.9 Å². The molecule has 5 heterocycles. The van der Waals surface area contributed by atoms with Crippen molar-refractivity contribution in [3.8, 4) is 56.7 Å². The Labute approximate surface area is 298 Å². The molecule has 0 spiro atoms. The van der Waals surface area contributed by atoms with Crippen LogP contribution in [0, 0.1) is 0 Å². The van der Waals surface area contributed by atoms with Crippen molar-refractivity contribution in [2.24, 2.45) is 0 Å². The highest BCUT2D eigenvalue weighted by Gasteiger charge is 2.14. The molecule has 0 aliphatic heterocycles. The minimum absolute atomic E-state index is 0.594. The van der Waals surface area contributed by atoms with E-state index in [-0.39, 0.29) is 0 Å². The van der Waals surface area contributed by atoms with E-state index >= 15 is 0 Å². The molecule has 0 aliphatic carbocycles. The van der Waals surface area contributed by atoms with Crippen molar-refractivity contribution in [3.05, 3.63) is 164 Å². The molecule has 0 saturated carbocycles. The van der Waals surface area contributed by atoms with Crippen LogP contribution in [-0.2, 0) is 0 Å². The SMILES string of the molecule is c1ccc(-c2nc(-c3ccc(-c4ccc5ccc6cccnc6c5n4)cc3)nc(-c3ccc(-c4ccc5ccc6cccnc6c5n4)cc3)n2)cc1. The zero-order valence-corrected chi connectivity index (χ0v) is 27.7. The Kier molecular flexibility index (Phi) is 6.99. The van der Waals surface area contributed by atoms with Crippen molar-refractivity contribution in [1.82, 2.24) is 34.9 Å². The second kappa shape index (κ2) is 12.3. The molecule has 0 fully saturated rings. The summed E-state index contributed by atoms with van der Waals surface area (Å²) in [5.74, 6) is 1.80. The lowest BCUT2D eigenvalue weighted by Crippen LogP contribution is -2.00. The standard InChI is InChI=1S/C45H27N7/c1-2-6-34(7-3-1)43-50-44(35-18-10-28(11-19-35)37-24-22-32-16-14-30-8-4-26-46-39(30)41(32)48-37)52-45(51-43)36-20-12-29(13-21-36)38-25-23-33-17-15-31-9-5-27-47-40(31)42(33)49-38/h1-27H. The fourth-order valence-corrected chi connectivity index (χ4v) is 6.70. The van der Waals surface area contributed by atoms with Gasteiger partial charge in [0.25, 0.3) is 0 Å². The Balaban J connectivity index is 1.01. The van der Waals surface area contributed by atoms with Gasteiger partial charge in [0.1, 0.15) is 0 Å². The molecule has 0 aliphatic rings. The molecule has 0 radical (unpaired) electrons. The number of pyridine rings is 4. The van der Waals surface area contributed by atoms with Gasteiger partial charge in [-0.05, 0) is 24.3 Å². The second-order valence-corrected chi connectivity index (χ2v) is 12.6. The highest BCUT2D eigenvalue weighted by atomic mass is 15.0. The lowest BCUT2D eigenvalue weighted by molar-refractivity contribution is 1.07. The van der Waals surface area contributed by atoms with Gasteiger partial charge in [0.2, 0.25) is 0 Å². The topological polar surface area (TPSA) is 90.2 Å². The van der Waals surface area contributed by atoms with Gasteiger partial charge in [-0.2, -0.15) is 0 Å². The van der Waals surface area contributed by atoms with Crippen molar-refractivity contribution in [3.63, 3.8) is 0 Å². The number of hydrogen-bond acceptors (Lipinski definition) is 7. The van der Waals surface area contributed by atoms with Crippen molar-refractivity contribution in [2.45, 2.75) is 0 Å². The van der Waals surface area contributed by atoms with Crippen LogP contribution in [0.5, 0.6) is 0 Å². The first-order valence-corrected chi connectivity index (χ1v) is 17.1. The van der Waals surface area contributed by atoms with Gasteiger partial charge in [-0.25, -0.2) is 24.9 Å². The lowest BCUT2D eigenvalue weighted by atomic mass is 10.0. The summed E-state index contributed by atoms with van der Waals surface area (Å²) in [6.07, 6.45) is 3.63. The first-order valence-electron chi connectivity index (χ1n) is 17.1. The summed E-state index contributed by atoms with van der Waals surface area (Å²) in [6.45, 7) is 0. The van der Waals surface area contributed by atoms with Crippen LogP contribution in [-0.4, -0.2) is 34.9 Å². The number of rotatable bonds is 5. The summed E-state index contributed by atoms with van der Waals surface area (Å²) < 4.78 is 0. The monoisotopic (exact) mass is 665 g/mol. The van der Waals surface area contributed by atoms with E-state index in [0.717, 1.165) is 82.8 Å². The molecule has 10 aromatic rings. The van der Waals surface area contributed by atoms with E-state index < -0.39 is 0 Å². The maximum Gasteiger partial charge on any atom is 0.164 e. The molecular weight excluding hydrogens is 639 g/mol. The molecular formula is C45H27N7. The second-order valence-electron chi connectivity index (χ2n) is 12.6. The lowest BCUT2D eigenvalue weighted by Gasteiger charge is -2.10. The van der Waals surface area contributed by atoms with E-state index in [1.807, 2.05) is 79.1 Å². The molecule has 52 heavy (non-hydrogen) atoms. The molecule has 0 bridgehead atoms. The fraction of sp³-hybridized carbons (Fsp3) is 0. The predicted octanol–water partition coefficient (Wildman–Crippen LogP) is 10.4. The van der Waals surface area contributed by atoms with Gasteiger partial charge >= 0.3 is 0 Å². The largest absolute Gasteiger partial charge is 0.254 e. The zero-order valence-electron chi connectivity index (χ0n) is 27.7. The molecule has 7 heteroatoms. The normalized spacial score (nSPS) is 11.5. The quantitative estimate of drug-likeness (QED) is 0.169. The van der Waals surface area contributed by atoms with E-state index in [9.17, 15) is 0 Å². The van der Waals surface area contributed by atoms with Crippen molar-refractivity contribution in [2.75, 3.05) is 0 Å². The number of benzene rings is 5. The zero-order chi connectivity index (χ0) is 34.4. The summed E-state index contributed by atoms with van der Waals surface area (Å²) in [4.78, 5) is 34.1. The van der Waals surface area contributed by atoms with Crippen molar-refractivity contribution < 1.29 is 0 Å². The Morgan fingerprint density at radius 2 is 0.615 bits per heavy atom. The molecule has 0 N–H and O–H groups in total. The van der Waals surface area contributed by atoms with Gasteiger partial charge in [0, 0.05) is 61.8 Å². The van der Waals surface area contributed by atoms with Gasteiger partial charge in [-0.15, -0.1) is 0 Å². The summed E-state index contributed by atoms with van der Waals surface area (Å²) >= 11 is 0. The Morgan fingerprint density at radius 1 is 0.250 bits per heavy atom. The Bertz CT molecular complexity index is 2760. The molecule has 5 aromatic heterocycles. The summed E-state index contributed by atoms with van der Waals surface area (Å²) in [5, 5.41) is 4.26. The van der Waals surface area contributed by atoms with Gasteiger partial charge in [-0.3, -0.25) is 9.97 Å². The van der Waals surface area contributed by atoms with Gasteiger partial charge in [0.15, 0.2) is 17.5 Å². The third-order valence-electron chi connectivity index (χ3n) is 9.41. The number of hydrogen-bond donors (Lipinski definition) is 0. The Morgan fingerprint density at radius 3 is 1.06 bits per heavy atom. The Hall–Kier alpha value is -7.25. The predicted molar refractivity (Wildman–Crippen MR) is 208 cm³/mol. The number of nitrogens with zero attached hydrogens (tertiary/aromatic N) is 7. The van der Waals surface area contributed by atoms with E-state index in [4.69, 9.17) is 24.9 Å². The van der Waals surface area contributed by atoms with Crippen LogP contribution in [0.2, 0.25) is 0 Å². The first-order chi connectivity index (χ1) is 25.7. The van der Waals surface area contributed by atoms with Crippen molar-refractivity contribution in [1.29, 1.82) is 0 Å². The highest BCUT2D eigenvalue weighted by molar-refractivity contribution is 6.04. The summed E-state index contributed by atoms with van der Waals surface area (Å²) in [5.41, 5.74) is 10.0. The van der Waals surface area contributed by atoms with Crippen molar-refractivity contribution >= 4 is 43.6 Å². The molecule has 242 valence electrons. The van der Waals surface area contributed by atoms with Crippen LogP contribution in [0.3, 0.4) is 0 Å². The van der Waals surface area contributed by atoms with Crippen LogP contribution in [0.15, 0.2) is 164 Å². The van der Waals surface area contributed by atoms with Crippen LogP contribution in [0.1, 0.15) is 0 Å². The van der Waals surface area contributed by atoms with Crippen LogP contribution in [0.4, 0.5) is 0 Å². The third-order valence-corrected chi connectivity index (χ3v) is 9.41.